The second-order valence-electron chi connectivity index (χ2n) is 7.14. The molecule has 1 aliphatic rings. The fourth-order valence-corrected chi connectivity index (χ4v) is 3.19. The number of anilines is 2. The molecule has 1 saturated heterocycles. The molecule has 33 heavy (non-hydrogen) atoms. The van der Waals surface area contributed by atoms with Gasteiger partial charge in [-0.25, -0.2) is 0 Å². The third-order valence-electron chi connectivity index (χ3n) is 4.90. The monoisotopic (exact) mass is 450 g/mol. The van der Waals surface area contributed by atoms with E-state index in [1.807, 2.05) is 35.2 Å². The van der Waals surface area contributed by atoms with E-state index in [4.69, 9.17) is 4.74 Å². The van der Waals surface area contributed by atoms with Crippen LogP contribution in [0.2, 0.25) is 0 Å². The average molecular weight is 450 g/mol. The number of nitro groups is 1. The van der Waals surface area contributed by atoms with Gasteiger partial charge >= 0.3 is 5.69 Å². The normalized spacial score (nSPS) is 13.9. The highest BCUT2D eigenvalue weighted by atomic mass is 16.6. The summed E-state index contributed by atoms with van der Waals surface area (Å²) in [7, 11) is 0. The summed E-state index contributed by atoms with van der Waals surface area (Å²) in [6.07, 6.45) is 0. The first-order valence-corrected chi connectivity index (χ1v) is 10.3. The number of aromatic hydroxyl groups is 1. The van der Waals surface area contributed by atoms with E-state index in [9.17, 15) is 15.2 Å². The Hall–Kier alpha value is -4.19. The number of aromatic nitrogens is 3. The van der Waals surface area contributed by atoms with Crippen LogP contribution in [0.4, 0.5) is 23.5 Å². The molecule has 12 nitrogen and oxygen atoms in total. The lowest BCUT2D eigenvalue weighted by Gasteiger charge is -2.26. The van der Waals surface area contributed by atoms with Gasteiger partial charge in [-0.05, 0) is 5.56 Å². The second kappa shape index (κ2) is 10.4. The number of para-hydroxylation sites is 1. The summed E-state index contributed by atoms with van der Waals surface area (Å²) in [6.45, 7) is 2.87. The van der Waals surface area contributed by atoms with Gasteiger partial charge in [0.15, 0.2) is 5.75 Å². The zero-order valence-electron chi connectivity index (χ0n) is 17.7. The number of nitro benzene ring substituents is 1. The van der Waals surface area contributed by atoms with Crippen molar-refractivity contribution in [3.8, 4) is 5.75 Å². The lowest BCUT2D eigenvalue weighted by molar-refractivity contribution is -0.385. The van der Waals surface area contributed by atoms with Crippen molar-refractivity contribution in [2.45, 2.75) is 13.1 Å². The Bertz CT molecular complexity index is 1140. The van der Waals surface area contributed by atoms with Crippen LogP contribution in [0.1, 0.15) is 11.1 Å². The molecule has 2 N–H and O–H groups in total. The van der Waals surface area contributed by atoms with Gasteiger partial charge in [0.2, 0.25) is 11.9 Å². The molecule has 3 aromatic rings. The first-order chi connectivity index (χ1) is 16.1. The van der Waals surface area contributed by atoms with Crippen LogP contribution in [-0.4, -0.2) is 51.3 Å². The van der Waals surface area contributed by atoms with Crippen molar-refractivity contribution >= 4 is 23.5 Å². The predicted molar refractivity (Wildman–Crippen MR) is 120 cm³/mol. The van der Waals surface area contributed by atoms with Gasteiger partial charge in [-0.3, -0.25) is 10.1 Å². The first kappa shape index (κ1) is 22.0. The molecule has 2 aromatic carbocycles. The summed E-state index contributed by atoms with van der Waals surface area (Å²) in [5, 5.41) is 32.4. The van der Waals surface area contributed by atoms with E-state index in [1.54, 1.807) is 6.07 Å². The van der Waals surface area contributed by atoms with Crippen LogP contribution < -0.4 is 10.2 Å². The van der Waals surface area contributed by atoms with Gasteiger partial charge in [0, 0.05) is 31.3 Å². The maximum atomic E-state index is 11.0. The molecular formula is C21H22N8O4. The predicted octanol–water partition coefficient (Wildman–Crippen LogP) is 3.22. The van der Waals surface area contributed by atoms with Crippen molar-refractivity contribution in [1.29, 1.82) is 0 Å². The van der Waals surface area contributed by atoms with Crippen molar-refractivity contribution in [2.75, 3.05) is 36.5 Å². The number of rotatable bonds is 8. The maximum Gasteiger partial charge on any atom is 0.311 e. The second-order valence-corrected chi connectivity index (χ2v) is 7.14. The van der Waals surface area contributed by atoms with Gasteiger partial charge in [-0.2, -0.15) is 20.1 Å². The van der Waals surface area contributed by atoms with E-state index in [0.29, 0.717) is 44.7 Å². The van der Waals surface area contributed by atoms with Crippen molar-refractivity contribution in [1.82, 2.24) is 15.0 Å². The SMILES string of the molecule is O=[N+]([O-])c1cccc(CN=Nc2nc(NCc3ccccc3)nc(N3CCOCC3)n2)c1O. The van der Waals surface area contributed by atoms with Crippen molar-refractivity contribution < 1.29 is 14.8 Å². The Morgan fingerprint density at radius 2 is 1.88 bits per heavy atom. The number of hydrogen-bond acceptors (Lipinski definition) is 11. The summed E-state index contributed by atoms with van der Waals surface area (Å²) in [5.74, 6) is 0.460. The van der Waals surface area contributed by atoms with Crippen molar-refractivity contribution in [2.24, 2.45) is 10.2 Å². The van der Waals surface area contributed by atoms with Crippen LogP contribution in [0, 0.1) is 10.1 Å². The van der Waals surface area contributed by atoms with Gasteiger partial charge in [0.1, 0.15) is 0 Å². The van der Waals surface area contributed by atoms with Gasteiger partial charge in [-0.15, -0.1) is 5.11 Å². The molecule has 0 unspecified atom stereocenters. The van der Waals surface area contributed by atoms with Crippen LogP contribution in [0.5, 0.6) is 5.75 Å². The van der Waals surface area contributed by atoms with E-state index in [1.165, 1.54) is 12.1 Å². The molecule has 12 heteroatoms. The largest absolute Gasteiger partial charge is 0.502 e. The van der Waals surface area contributed by atoms with E-state index in [-0.39, 0.29) is 23.7 Å². The van der Waals surface area contributed by atoms with Crippen LogP contribution in [0.25, 0.3) is 0 Å². The number of nitrogens with zero attached hydrogens (tertiary/aromatic N) is 7. The number of phenolic OH excluding ortho intramolecular Hbond substituents is 1. The van der Waals surface area contributed by atoms with Crippen molar-refractivity contribution in [3.63, 3.8) is 0 Å². The Morgan fingerprint density at radius 1 is 1.09 bits per heavy atom. The standard InChI is InChI=1S/C21H22N8O4/c30-18-16(7-4-8-17(18)29(31)32)14-23-27-20-24-19(22-13-15-5-2-1-3-6-15)25-21(26-20)28-9-11-33-12-10-28/h1-8,30H,9-14H2,(H,22,24,25,26). The van der Waals surface area contributed by atoms with Crippen LogP contribution >= 0.6 is 0 Å². The van der Waals surface area contributed by atoms with E-state index >= 15 is 0 Å². The Labute approximate surface area is 189 Å². The highest BCUT2D eigenvalue weighted by Gasteiger charge is 2.18. The molecule has 0 radical (unpaired) electrons. The highest BCUT2D eigenvalue weighted by Crippen LogP contribution is 2.30. The summed E-state index contributed by atoms with van der Waals surface area (Å²) in [5.41, 5.74) is 0.956. The number of benzene rings is 2. The van der Waals surface area contributed by atoms with E-state index in [2.05, 4.69) is 30.5 Å². The quantitative estimate of drug-likeness (QED) is 0.299. The molecule has 170 valence electrons. The fraction of sp³-hybridized carbons (Fsp3) is 0.286. The molecule has 4 rings (SSSR count). The van der Waals surface area contributed by atoms with Crippen LogP contribution in [0.3, 0.4) is 0 Å². The Balaban J connectivity index is 1.54. The number of azo groups is 1. The third-order valence-corrected chi connectivity index (χ3v) is 4.90. The lowest BCUT2D eigenvalue weighted by Crippen LogP contribution is -2.37. The van der Waals surface area contributed by atoms with Crippen LogP contribution in [0.15, 0.2) is 58.8 Å². The minimum Gasteiger partial charge on any atom is -0.502 e. The summed E-state index contributed by atoms with van der Waals surface area (Å²) in [4.78, 5) is 25.5. The first-order valence-electron chi connectivity index (χ1n) is 10.3. The molecule has 0 saturated carbocycles. The minimum atomic E-state index is -0.652. The zero-order chi connectivity index (χ0) is 23.0. The smallest absolute Gasteiger partial charge is 0.311 e. The summed E-state index contributed by atoms with van der Waals surface area (Å²) >= 11 is 0. The molecule has 1 aromatic heterocycles. The Morgan fingerprint density at radius 3 is 2.64 bits per heavy atom. The Kier molecular flexibility index (Phi) is 6.95. The van der Waals surface area contributed by atoms with Crippen LogP contribution in [-0.2, 0) is 17.8 Å². The van der Waals surface area contributed by atoms with E-state index in [0.717, 1.165) is 5.56 Å². The molecule has 1 aliphatic heterocycles. The van der Waals surface area contributed by atoms with Gasteiger partial charge < -0.3 is 20.1 Å². The molecule has 0 spiro atoms. The van der Waals surface area contributed by atoms with Crippen molar-refractivity contribution in [3.05, 3.63) is 69.8 Å². The molecule has 0 amide bonds. The van der Waals surface area contributed by atoms with Gasteiger partial charge in [0.05, 0.1) is 24.7 Å². The number of phenols is 1. The molecule has 0 bridgehead atoms. The summed E-state index contributed by atoms with van der Waals surface area (Å²) < 4.78 is 5.40. The zero-order valence-corrected chi connectivity index (χ0v) is 17.7. The fourth-order valence-electron chi connectivity index (χ4n) is 3.19. The topological polar surface area (TPSA) is 151 Å². The average Bonchev–Trinajstić information content (AvgIpc) is 2.85. The van der Waals surface area contributed by atoms with Gasteiger partial charge in [-0.1, -0.05) is 42.5 Å². The molecule has 0 aliphatic carbocycles. The highest BCUT2D eigenvalue weighted by molar-refractivity contribution is 5.50. The molecular weight excluding hydrogens is 428 g/mol. The third kappa shape index (κ3) is 5.74. The molecule has 1 fully saturated rings. The molecule has 0 atom stereocenters. The maximum absolute atomic E-state index is 11.0. The lowest BCUT2D eigenvalue weighted by atomic mass is 10.2. The number of hydrogen-bond donors (Lipinski definition) is 2. The summed E-state index contributed by atoms with van der Waals surface area (Å²) in [6, 6.07) is 14.1. The number of ether oxygens (including phenoxy) is 1. The van der Waals surface area contributed by atoms with Gasteiger partial charge in [0.25, 0.3) is 5.95 Å². The number of morpholine rings is 1. The molecule has 2 heterocycles. The van der Waals surface area contributed by atoms with E-state index < -0.39 is 10.7 Å². The number of nitrogens with one attached hydrogen (secondary N) is 1. The minimum absolute atomic E-state index is 0.0706.